The highest BCUT2D eigenvalue weighted by Gasteiger charge is 2.31. The molecule has 0 aliphatic carbocycles. The first kappa shape index (κ1) is 27.0. The first-order chi connectivity index (χ1) is 18.0. The molecule has 0 radical (unpaired) electrons. The zero-order valence-corrected chi connectivity index (χ0v) is 21.0. The number of aromatic amines is 2. The molecule has 2 aromatic carbocycles. The van der Waals surface area contributed by atoms with Gasteiger partial charge in [0.2, 0.25) is 5.91 Å². The first-order valence-electron chi connectivity index (χ1n) is 10.7. The molecule has 1 amide bonds. The van der Waals surface area contributed by atoms with Gasteiger partial charge in [0.25, 0.3) is 5.56 Å². The number of carbonyl (C=O) groups is 1. The number of benzene rings is 2. The molecule has 0 bridgehead atoms. The monoisotopic (exact) mass is 566 g/mol. The number of hydrogen-bond donors (Lipinski definition) is 3. The summed E-state index contributed by atoms with van der Waals surface area (Å²) in [6.45, 7) is 0. The van der Waals surface area contributed by atoms with Crippen LogP contribution in [0.25, 0.3) is 5.69 Å². The Hall–Kier alpha value is -4.04. The molecule has 4 rings (SSSR count). The van der Waals surface area contributed by atoms with Gasteiger partial charge in [-0.25, -0.2) is 4.79 Å². The summed E-state index contributed by atoms with van der Waals surface area (Å²) < 4.78 is 46.0. The third kappa shape index (κ3) is 6.44. The van der Waals surface area contributed by atoms with Crippen molar-refractivity contribution < 1.29 is 22.7 Å². The smallest absolute Gasteiger partial charge is 0.416 e. The molecule has 15 heteroatoms. The van der Waals surface area contributed by atoms with Crippen LogP contribution in [0.2, 0.25) is 5.02 Å². The van der Waals surface area contributed by atoms with E-state index < -0.39 is 28.9 Å². The number of rotatable bonds is 8. The van der Waals surface area contributed by atoms with Gasteiger partial charge in [0.15, 0.2) is 5.16 Å². The molecule has 0 saturated heterocycles. The Bertz CT molecular complexity index is 1570. The minimum absolute atomic E-state index is 0.0238. The van der Waals surface area contributed by atoms with Gasteiger partial charge in [-0.2, -0.15) is 13.2 Å². The second-order valence-electron chi connectivity index (χ2n) is 7.75. The number of halogens is 4. The Morgan fingerprint density at radius 1 is 1.13 bits per heavy atom. The van der Waals surface area contributed by atoms with Crippen LogP contribution in [0.1, 0.15) is 17.1 Å². The summed E-state index contributed by atoms with van der Waals surface area (Å²) in [5.74, 6) is -0.00363. The SMILES string of the molecule is COc1cccc(-n2c(Cc3cc(=O)[nH]c(=O)[nH]3)nnc2SCC(=O)Nc2cc(C(F)(F)F)ccc2Cl)c1. The van der Waals surface area contributed by atoms with E-state index in [4.69, 9.17) is 16.3 Å². The normalized spacial score (nSPS) is 11.4. The van der Waals surface area contributed by atoms with E-state index in [1.807, 2.05) is 0 Å². The number of hydrogen-bond acceptors (Lipinski definition) is 7. The van der Waals surface area contributed by atoms with Crippen molar-refractivity contribution >= 4 is 35.0 Å². The first-order valence-corrected chi connectivity index (χ1v) is 12.1. The molecule has 0 spiro atoms. The van der Waals surface area contributed by atoms with Crippen LogP contribution in [0.5, 0.6) is 5.75 Å². The number of amides is 1. The average Bonchev–Trinajstić information content (AvgIpc) is 3.25. The number of anilines is 1. The maximum absolute atomic E-state index is 13.0. The van der Waals surface area contributed by atoms with Crippen LogP contribution in [0, 0.1) is 0 Å². The predicted octanol–water partition coefficient (Wildman–Crippen LogP) is 3.65. The van der Waals surface area contributed by atoms with Gasteiger partial charge in [-0.15, -0.1) is 10.2 Å². The zero-order valence-electron chi connectivity index (χ0n) is 19.4. The van der Waals surface area contributed by atoms with Crippen molar-refractivity contribution in [3.05, 3.63) is 91.5 Å². The lowest BCUT2D eigenvalue weighted by Gasteiger charge is -2.13. The van der Waals surface area contributed by atoms with Crippen LogP contribution in [0.3, 0.4) is 0 Å². The summed E-state index contributed by atoms with van der Waals surface area (Å²) in [6.07, 6.45) is -4.58. The van der Waals surface area contributed by atoms with E-state index in [2.05, 4.69) is 25.5 Å². The molecule has 0 saturated carbocycles. The molecule has 0 aliphatic heterocycles. The summed E-state index contributed by atoms with van der Waals surface area (Å²) in [5, 5.41) is 10.9. The minimum Gasteiger partial charge on any atom is -0.497 e. The van der Waals surface area contributed by atoms with Crippen molar-refractivity contribution in [3.63, 3.8) is 0 Å². The van der Waals surface area contributed by atoms with Crippen molar-refractivity contribution in [2.75, 3.05) is 18.2 Å². The van der Waals surface area contributed by atoms with Gasteiger partial charge in [0.1, 0.15) is 11.6 Å². The molecule has 3 N–H and O–H groups in total. The standard InChI is InChI=1S/C23H18ClF3N6O4S/c1-37-15-4-2-3-14(10-15)33-18(8-13-9-19(34)30-21(36)28-13)31-32-22(33)38-11-20(35)29-17-7-12(23(25,26)27)5-6-16(17)24/h2-7,9-10H,8,11H2,1H3,(H,29,35)(H2,28,30,34,36). The molecule has 0 unspecified atom stereocenters. The Balaban J connectivity index is 1.60. The van der Waals surface area contributed by atoms with Crippen molar-refractivity contribution in [1.82, 2.24) is 24.7 Å². The van der Waals surface area contributed by atoms with Crippen molar-refractivity contribution in [3.8, 4) is 11.4 Å². The van der Waals surface area contributed by atoms with Crippen LogP contribution in [0.15, 0.2) is 63.3 Å². The lowest BCUT2D eigenvalue weighted by molar-refractivity contribution is -0.137. The zero-order chi connectivity index (χ0) is 27.4. The Labute approximate surface area is 221 Å². The lowest BCUT2D eigenvalue weighted by atomic mass is 10.2. The number of alkyl halides is 3. The second kappa shape index (κ2) is 11.1. The molecular weight excluding hydrogens is 549 g/mol. The molecule has 2 heterocycles. The van der Waals surface area contributed by atoms with Gasteiger partial charge < -0.3 is 15.0 Å². The highest BCUT2D eigenvalue weighted by molar-refractivity contribution is 7.99. The van der Waals surface area contributed by atoms with E-state index in [0.717, 1.165) is 30.0 Å². The number of thioether (sulfide) groups is 1. The van der Waals surface area contributed by atoms with Crippen molar-refractivity contribution in [2.45, 2.75) is 17.8 Å². The fourth-order valence-electron chi connectivity index (χ4n) is 3.42. The van der Waals surface area contributed by atoms with E-state index in [1.54, 1.807) is 28.8 Å². The van der Waals surface area contributed by atoms with E-state index in [9.17, 15) is 27.6 Å². The molecule has 198 valence electrons. The van der Waals surface area contributed by atoms with Gasteiger partial charge in [0.05, 0.1) is 34.8 Å². The van der Waals surface area contributed by atoms with Crippen LogP contribution < -0.4 is 21.3 Å². The van der Waals surface area contributed by atoms with Gasteiger partial charge in [0, 0.05) is 24.2 Å². The molecular formula is C23H18ClF3N6O4S. The number of H-pyrrole nitrogens is 2. The van der Waals surface area contributed by atoms with Gasteiger partial charge >= 0.3 is 11.9 Å². The fraction of sp³-hybridized carbons (Fsp3) is 0.174. The van der Waals surface area contributed by atoms with Gasteiger partial charge in [-0.1, -0.05) is 29.4 Å². The number of nitrogens with one attached hydrogen (secondary N) is 3. The fourth-order valence-corrected chi connectivity index (χ4v) is 4.35. The van der Waals surface area contributed by atoms with Crippen LogP contribution in [-0.2, 0) is 17.4 Å². The predicted molar refractivity (Wildman–Crippen MR) is 134 cm³/mol. The van der Waals surface area contributed by atoms with Gasteiger partial charge in [-0.3, -0.25) is 19.1 Å². The largest absolute Gasteiger partial charge is 0.497 e. The highest BCUT2D eigenvalue weighted by Crippen LogP contribution is 2.34. The van der Waals surface area contributed by atoms with E-state index in [0.29, 0.717) is 17.3 Å². The second-order valence-corrected chi connectivity index (χ2v) is 9.10. The van der Waals surface area contributed by atoms with Crippen LogP contribution >= 0.6 is 23.4 Å². The third-order valence-corrected chi connectivity index (χ3v) is 6.34. The van der Waals surface area contributed by atoms with E-state index in [1.165, 1.54) is 13.2 Å². The van der Waals surface area contributed by atoms with E-state index in [-0.39, 0.29) is 33.7 Å². The van der Waals surface area contributed by atoms with E-state index >= 15 is 0 Å². The lowest BCUT2D eigenvalue weighted by Crippen LogP contribution is -2.23. The minimum atomic E-state index is -4.60. The number of ether oxygens (including phenoxy) is 1. The molecule has 0 aliphatic rings. The number of nitrogens with zero attached hydrogens (tertiary/aromatic N) is 3. The number of methoxy groups -OCH3 is 1. The Morgan fingerprint density at radius 2 is 1.92 bits per heavy atom. The molecule has 4 aromatic rings. The van der Waals surface area contributed by atoms with Crippen molar-refractivity contribution in [1.29, 1.82) is 0 Å². The summed E-state index contributed by atoms with van der Waals surface area (Å²) in [4.78, 5) is 40.6. The maximum atomic E-state index is 13.0. The summed E-state index contributed by atoms with van der Waals surface area (Å²) in [5.41, 5.74) is -1.55. The molecule has 38 heavy (non-hydrogen) atoms. The molecule has 10 nitrogen and oxygen atoms in total. The number of aromatic nitrogens is 5. The Morgan fingerprint density at radius 3 is 2.63 bits per heavy atom. The van der Waals surface area contributed by atoms with Crippen LogP contribution in [0.4, 0.5) is 18.9 Å². The quantitative estimate of drug-likeness (QED) is 0.277. The average molecular weight is 567 g/mol. The molecule has 0 fully saturated rings. The Kier molecular flexibility index (Phi) is 7.92. The third-order valence-electron chi connectivity index (χ3n) is 5.08. The molecule has 2 aromatic heterocycles. The number of carbonyl (C=O) groups excluding carboxylic acids is 1. The highest BCUT2D eigenvalue weighted by atomic mass is 35.5. The summed E-state index contributed by atoms with van der Waals surface area (Å²) >= 11 is 6.93. The molecule has 0 atom stereocenters. The summed E-state index contributed by atoms with van der Waals surface area (Å²) in [6, 6.07) is 10.7. The van der Waals surface area contributed by atoms with Gasteiger partial charge in [-0.05, 0) is 30.3 Å². The van der Waals surface area contributed by atoms with Crippen molar-refractivity contribution in [2.24, 2.45) is 0 Å². The maximum Gasteiger partial charge on any atom is 0.416 e. The van der Waals surface area contributed by atoms with Crippen LogP contribution in [-0.4, -0.2) is 43.5 Å². The summed E-state index contributed by atoms with van der Waals surface area (Å²) in [7, 11) is 1.49. The topological polar surface area (TPSA) is 135 Å².